The summed E-state index contributed by atoms with van der Waals surface area (Å²) in [4.78, 5) is 27.3. The van der Waals surface area contributed by atoms with E-state index in [2.05, 4.69) is 18.8 Å². The third-order valence-electron chi connectivity index (χ3n) is 6.12. The molecule has 0 saturated carbocycles. The van der Waals surface area contributed by atoms with Crippen LogP contribution < -0.4 is 0 Å². The Labute approximate surface area is 202 Å². The molecule has 0 aliphatic heterocycles. The Hall–Kier alpha value is -1.78. The highest BCUT2D eigenvalue weighted by molar-refractivity contribution is 5.76. The summed E-state index contributed by atoms with van der Waals surface area (Å²) < 4.78 is 10.8. The number of carbonyl (C=O) groups is 2. The largest absolute Gasteiger partial charge is 0.465 e. The smallest absolute Gasteiger partial charge is 0.310 e. The van der Waals surface area contributed by atoms with Gasteiger partial charge in [-0.25, -0.2) is 0 Å². The van der Waals surface area contributed by atoms with Gasteiger partial charge in [0.15, 0.2) is 0 Å². The normalized spacial score (nSPS) is 11.0. The Morgan fingerprint density at radius 2 is 0.909 bits per heavy atom. The highest BCUT2D eigenvalue weighted by atomic mass is 16.5. The van der Waals surface area contributed by atoms with Crippen LogP contribution in [0.25, 0.3) is 0 Å². The number of carbonyl (C=O) groups excluding carboxylic acids is 2. The fourth-order valence-electron chi connectivity index (χ4n) is 4.01. The first-order valence-electron chi connectivity index (χ1n) is 13.6. The summed E-state index contributed by atoms with van der Waals surface area (Å²) in [5.41, 5.74) is 1.64. The van der Waals surface area contributed by atoms with Crippen molar-refractivity contribution in [1.29, 1.82) is 0 Å². The minimum atomic E-state index is -0.230. The molecule has 33 heavy (non-hydrogen) atoms. The number of H-pyrrole nitrogens is 1. The number of rotatable bonds is 22. The van der Waals surface area contributed by atoms with Crippen molar-refractivity contribution in [2.75, 3.05) is 13.2 Å². The van der Waals surface area contributed by atoms with Crippen LogP contribution in [0, 0.1) is 0 Å². The standard InChI is InChI=1S/C28H49NO4/c1-3-5-7-9-11-13-15-17-19-32-27(30)21-25-23-29-24-26(25)22-28(31)33-20-18-16-14-12-10-8-6-4-2/h23-24,29H,3-22H2,1-2H3. The van der Waals surface area contributed by atoms with Crippen molar-refractivity contribution >= 4 is 11.9 Å². The van der Waals surface area contributed by atoms with Gasteiger partial charge in [0.2, 0.25) is 0 Å². The molecule has 190 valence electrons. The highest BCUT2D eigenvalue weighted by Crippen LogP contribution is 2.13. The lowest BCUT2D eigenvalue weighted by Gasteiger charge is -2.07. The van der Waals surface area contributed by atoms with Crippen LogP contribution in [-0.4, -0.2) is 30.1 Å². The number of ether oxygens (including phenoxy) is 2. The highest BCUT2D eigenvalue weighted by Gasteiger charge is 2.14. The quantitative estimate of drug-likeness (QED) is 0.143. The Morgan fingerprint density at radius 1 is 0.576 bits per heavy atom. The second kappa shape index (κ2) is 20.8. The van der Waals surface area contributed by atoms with Crippen molar-refractivity contribution in [3.05, 3.63) is 23.5 Å². The second-order valence-electron chi connectivity index (χ2n) is 9.25. The summed E-state index contributed by atoms with van der Waals surface area (Å²) in [7, 11) is 0. The predicted molar refractivity (Wildman–Crippen MR) is 135 cm³/mol. The van der Waals surface area contributed by atoms with Gasteiger partial charge in [0, 0.05) is 12.4 Å². The van der Waals surface area contributed by atoms with Crippen LogP contribution in [0.4, 0.5) is 0 Å². The van der Waals surface area contributed by atoms with E-state index in [9.17, 15) is 9.59 Å². The molecule has 0 aromatic carbocycles. The van der Waals surface area contributed by atoms with E-state index in [1.807, 2.05) is 0 Å². The van der Waals surface area contributed by atoms with Gasteiger partial charge in [-0.05, 0) is 24.0 Å². The molecule has 0 fully saturated rings. The molecular weight excluding hydrogens is 414 g/mol. The third-order valence-corrected chi connectivity index (χ3v) is 6.12. The van der Waals surface area contributed by atoms with Crippen molar-refractivity contribution in [1.82, 2.24) is 4.98 Å². The van der Waals surface area contributed by atoms with Gasteiger partial charge in [0.25, 0.3) is 0 Å². The molecule has 0 unspecified atom stereocenters. The van der Waals surface area contributed by atoms with Gasteiger partial charge < -0.3 is 14.5 Å². The average molecular weight is 464 g/mol. The fraction of sp³-hybridized carbons (Fsp3) is 0.786. The molecule has 1 N–H and O–H groups in total. The molecular formula is C28H49NO4. The fourth-order valence-corrected chi connectivity index (χ4v) is 4.01. The average Bonchev–Trinajstić information content (AvgIpc) is 3.23. The van der Waals surface area contributed by atoms with Gasteiger partial charge in [-0.1, -0.05) is 104 Å². The topological polar surface area (TPSA) is 68.4 Å². The van der Waals surface area contributed by atoms with Crippen molar-refractivity contribution in [2.45, 2.75) is 129 Å². The lowest BCUT2D eigenvalue weighted by atomic mass is 10.1. The summed E-state index contributed by atoms with van der Waals surface area (Å²) >= 11 is 0. The van der Waals surface area contributed by atoms with Crippen LogP contribution in [0.1, 0.15) is 128 Å². The Balaban J connectivity index is 2.09. The minimum absolute atomic E-state index is 0.196. The molecule has 5 heteroatoms. The number of hydrogen-bond acceptors (Lipinski definition) is 4. The van der Waals surface area contributed by atoms with Gasteiger partial charge in [-0.15, -0.1) is 0 Å². The summed E-state index contributed by atoms with van der Waals surface area (Å²) in [6.45, 7) is 5.42. The molecule has 5 nitrogen and oxygen atoms in total. The van der Waals surface area contributed by atoms with Crippen LogP contribution in [0.5, 0.6) is 0 Å². The molecule has 0 amide bonds. The van der Waals surface area contributed by atoms with E-state index in [1.165, 1.54) is 77.0 Å². The molecule has 0 bridgehead atoms. The summed E-state index contributed by atoms with van der Waals surface area (Å²) in [6.07, 6.45) is 23.5. The Bertz CT molecular complexity index is 560. The summed E-state index contributed by atoms with van der Waals surface area (Å²) in [5.74, 6) is -0.461. The lowest BCUT2D eigenvalue weighted by Crippen LogP contribution is -2.13. The number of nitrogens with one attached hydrogen (secondary N) is 1. The minimum Gasteiger partial charge on any atom is -0.465 e. The Morgan fingerprint density at radius 3 is 1.27 bits per heavy atom. The predicted octanol–water partition coefficient (Wildman–Crippen LogP) is 7.47. The van der Waals surface area contributed by atoms with E-state index < -0.39 is 0 Å². The maximum atomic E-state index is 12.2. The van der Waals surface area contributed by atoms with Crippen molar-refractivity contribution in [3.63, 3.8) is 0 Å². The molecule has 1 aromatic rings. The molecule has 0 spiro atoms. The first-order valence-corrected chi connectivity index (χ1v) is 13.6. The molecule has 0 aliphatic rings. The zero-order valence-corrected chi connectivity index (χ0v) is 21.4. The Kier molecular flexibility index (Phi) is 18.4. The third kappa shape index (κ3) is 16.5. The van der Waals surface area contributed by atoms with Gasteiger partial charge in [0.05, 0.1) is 26.1 Å². The molecule has 1 aromatic heterocycles. The van der Waals surface area contributed by atoms with Crippen LogP contribution in [0.2, 0.25) is 0 Å². The van der Waals surface area contributed by atoms with E-state index in [-0.39, 0.29) is 24.8 Å². The molecule has 1 rings (SSSR count). The van der Waals surface area contributed by atoms with Crippen LogP contribution >= 0.6 is 0 Å². The lowest BCUT2D eigenvalue weighted by molar-refractivity contribution is -0.144. The van der Waals surface area contributed by atoms with Crippen LogP contribution in [-0.2, 0) is 31.9 Å². The molecule has 1 heterocycles. The van der Waals surface area contributed by atoms with Gasteiger partial charge in [-0.3, -0.25) is 9.59 Å². The zero-order valence-electron chi connectivity index (χ0n) is 21.4. The van der Waals surface area contributed by atoms with E-state index in [1.54, 1.807) is 12.4 Å². The zero-order chi connectivity index (χ0) is 24.0. The molecule has 0 saturated heterocycles. The first-order chi connectivity index (χ1) is 16.2. The molecule has 0 aliphatic carbocycles. The maximum absolute atomic E-state index is 12.2. The molecule has 0 radical (unpaired) electrons. The first kappa shape index (κ1) is 29.3. The number of aromatic nitrogens is 1. The number of unbranched alkanes of at least 4 members (excludes halogenated alkanes) is 14. The number of esters is 2. The van der Waals surface area contributed by atoms with Gasteiger partial charge in [-0.2, -0.15) is 0 Å². The van der Waals surface area contributed by atoms with Crippen LogP contribution in [0.3, 0.4) is 0 Å². The van der Waals surface area contributed by atoms with Crippen molar-refractivity contribution < 1.29 is 19.1 Å². The van der Waals surface area contributed by atoms with Gasteiger partial charge >= 0.3 is 11.9 Å². The van der Waals surface area contributed by atoms with Crippen molar-refractivity contribution in [3.8, 4) is 0 Å². The summed E-state index contributed by atoms with van der Waals surface area (Å²) in [5, 5.41) is 0. The van der Waals surface area contributed by atoms with E-state index >= 15 is 0 Å². The van der Waals surface area contributed by atoms with Crippen molar-refractivity contribution in [2.24, 2.45) is 0 Å². The second-order valence-corrected chi connectivity index (χ2v) is 9.25. The number of aromatic amines is 1. The van der Waals surface area contributed by atoms with E-state index in [0.29, 0.717) is 13.2 Å². The monoisotopic (exact) mass is 463 g/mol. The summed E-state index contributed by atoms with van der Waals surface area (Å²) in [6, 6.07) is 0. The van der Waals surface area contributed by atoms with Gasteiger partial charge in [0.1, 0.15) is 0 Å². The number of hydrogen-bond donors (Lipinski definition) is 1. The van der Waals surface area contributed by atoms with E-state index in [4.69, 9.17) is 9.47 Å². The molecule has 0 atom stereocenters. The van der Waals surface area contributed by atoms with E-state index in [0.717, 1.165) is 36.8 Å². The maximum Gasteiger partial charge on any atom is 0.310 e. The SMILES string of the molecule is CCCCCCCCCCOC(=O)Cc1c[nH]cc1CC(=O)OCCCCCCCCCC. The van der Waals surface area contributed by atoms with Crippen LogP contribution in [0.15, 0.2) is 12.4 Å².